The van der Waals surface area contributed by atoms with Gasteiger partial charge in [-0.2, -0.15) is 5.10 Å². The molecule has 0 saturated carbocycles. The molecule has 0 aliphatic carbocycles. The SMILES string of the molecule is C1COCCO1.Cn1cc(-c2cnc3ccc(Cl)nc3c2Cl)cn1. The molecule has 4 heterocycles. The summed E-state index contributed by atoms with van der Waals surface area (Å²) >= 11 is 12.2. The van der Waals surface area contributed by atoms with Gasteiger partial charge in [0.2, 0.25) is 0 Å². The van der Waals surface area contributed by atoms with E-state index in [1.807, 2.05) is 13.2 Å². The molecule has 0 radical (unpaired) electrons. The first-order valence-corrected chi connectivity index (χ1v) is 8.16. The lowest BCUT2D eigenvalue weighted by molar-refractivity contribution is -0.0334. The van der Waals surface area contributed by atoms with Crippen LogP contribution in [0.1, 0.15) is 0 Å². The van der Waals surface area contributed by atoms with Gasteiger partial charge in [0.25, 0.3) is 0 Å². The van der Waals surface area contributed by atoms with Gasteiger partial charge in [-0.3, -0.25) is 9.67 Å². The number of rotatable bonds is 1. The molecule has 24 heavy (non-hydrogen) atoms. The minimum absolute atomic E-state index is 0.398. The number of halogens is 2. The number of aryl methyl sites for hydroxylation is 1. The summed E-state index contributed by atoms with van der Waals surface area (Å²) in [6, 6.07) is 3.49. The van der Waals surface area contributed by atoms with Gasteiger partial charge in [-0.05, 0) is 12.1 Å². The first kappa shape index (κ1) is 17.1. The van der Waals surface area contributed by atoms with Gasteiger partial charge in [-0.25, -0.2) is 4.98 Å². The number of nitrogens with zero attached hydrogens (tertiary/aromatic N) is 4. The Morgan fingerprint density at radius 3 is 2.33 bits per heavy atom. The van der Waals surface area contributed by atoms with Crippen molar-refractivity contribution in [2.75, 3.05) is 26.4 Å². The molecule has 0 amide bonds. The van der Waals surface area contributed by atoms with E-state index in [0.717, 1.165) is 43.1 Å². The number of hydrogen-bond acceptors (Lipinski definition) is 5. The summed E-state index contributed by atoms with van der Waals surface area (Å²) in [5.74, 6) is 0. The molecule has 0 N–H and O–H groups in total. The van der Waals surface area contributed by atoms with Crippen molar-refractivity contribution in [1.29, 1.82) is 0 Å². The third kappa shape index (κ3) is 4.02. The second kappa shape index (κ2) is 7.90. The molecule has 0 bridgehead atoms. The molecule has 0 spiro atoms. The van der Waals surface area contributed by atoms with Crippen LogP contribution in [0.2, 0.25) is 10.2 Å². The Morgan fingerprint density at radius 2 is 1.75 bits per heavy atom. The zero-order valence-electron chi connectivity index (χ0n) is 13.1. The van der Waals surface area contributed by atoms with Gasteiger partial charge in [0.1, 0.15) is 10.7 Å². The minimum atomic E-state index is 0.398. The van der Waals surface area contributed by atoms with Crippen LogP contribution in [-0.2, 0) is 16.5 Å². The number of hydrogen-bond donors (Lipinski definition) is 0. The van der Waals surface area contributed by atoms with E-state index in [2.05, 4.69) is 15.1 Å². The summed E-state index contributed by atoms with van der Waals surface area (Å²) in [6.45, 7) is 3.11. The summed E-state index contributed by atoms with van der Waals surface area (Å²) < 4.78 is 11.6. The Balaban J connectivity index is 0.000000238. The molecule has 0 atom stereocenters. The van der Waals surface area contributed by atoms with Crippen molar-refractivity contribution in [3.63, 3.8) is 0 Å². The number of aromatic nitrogens is 4. The predicted molar refractivity (Wildman–Crippen MR) is 93.4 cm³/mol. The highest BCUT2D eigenvalue weighted by atomic mass is 35.5. The molecule has 1 aliphatic heterocycles. The maximum absolute atomic E-state index is 6.36. The van der Waals surface area contributed by atoms with E-state index in [-0.39, 0.29) is 0 Å². The molecular formula is C16H16Cl2N4O2. The lowest BCUT2D eigenvalue weighted by atomic mass is 10.1. The zero-order valence-corrected chi connectivity index (χ0v) is 14.6. The third-order valence-corrected chi connectivity index (χ3v) is 3.97. The average molecular weight is 367 g/mol. The Labute approximate surface area is 149 Å². The van der Waals surface area contributed by atoms with Crippen LogP contribution in [-0.4, -0.2) is 46.2 Å². The van der Waals surface area contributed by atoms with E-state index in [1.165, 1.54) is 0 Å². The van der Waals surface area contributed by atoms with Crippen LogP contribution in [0.25, 0.3) is 22.2 Å². The first-order valence-electron chi connectivity index (χ1n) is 7.40. The first-order chi connectivity index (χ1) is 11.6. The van der Waals surface area contributed by atoms with Crippen LogP contribution in [0.4, 0.5) is 0 Å². The minimum Gasteiger partial charge on any atom is -0.377 e. The third-order valence-electron chi connectivity index (χ3n) is 3.38. The number of ether oxygens (including phenoxy) is 2. The highest BCUT2D eigenvalue weighted by Crippen LogP contribution is 2.32. The van der Waals surface area contributed by atoms with Gasteiger partial charge in [0, 0.05) is 30.6 Å². The maximum atomic E-state index is 6.36. The molecule has 0 aromatic carbocycles. The van der Waals surface area contributed by atoms with E-state index < -0.39 is 0 Å². The van der Waals surface area contributed by atoms with E-state index in [0.29, 0.717) is 15.7 Å². The zero-order chi connectivity index (χ0) is 16.9. The van der Waals surface area contributed by atoms with E-state index >= 15 is 0 Å². The number of fused-ring (bicyclic) bond motifs is 1. The summed E-state index contributed by atoms with van der Waals surface area (Å²) in [5.41, 5.74) is 3.02. The van der Waals surface area contributed by atoms with Crippen molar-refractivity contribution in [3.8, 4) is 11.1 Å². The van der Waals surface area contributed by atoms with Crippen molar-refractivity contribution < 1.29 is 9.47 Å². The van der Waals surface area contributed by atoms with Gasteiger partial charge < -0.3 is 9.47 Å². The summed E-state index contributed by atoms with van der Waals surface area (Å²) in [4.78, 5) is 8.54. The normalized spacial score (nSPS) is 14.3. The van der Waals surface area contributed by atoms with Crippen molar-refractivity contribution in [2.45, 2.75) is 0 Å². The fourth-order valence-electron chi connectivity index (χ4n) is 2.21. The van der Waals surface area contributed by atoms with Gasteiger partial charge in [-0.1, -0.05) is 23.2 Å². The van der Waals surface area contributed by atoms with Crippen LogP contribution in [0.5, 0.6) is 0 Å². The Hall–Kier alpha value is -1.73. The molecule has 6 nitrogen and oxygen atoms in total. The van der Waals surface area contributed by atoms with Gasteiger partial charge in [0.05, 0.1) is 43.2 Å². The van der Waals surface area contributed by atoms with Crippen LogP contribution in [0.15, 0.2) is 30.7 Å². The molecule has 4 rings (SSSR count). The molecule has 8 heteroatoms. The van der Waals surface area contributed by atoms with Crippen LogP contribution in [0, 0.1) is 0 Å². The van der Waals surface area contributed by atoms with E-state index in [1.54, 1.807) is 29.2 Å². The van der Waals surface area contributed by atoms with E-state index in [4.69, 9.17) is 32.7 Å². The molecule has 126 valence electrons. The second-order valence-electron chi connectivity index (χ2n) is 5.11. The molecule has 1 saturated heterocycles. The Kier molecular flexibility index (Phi) is 5.63. The Bertz CT molecular complexity index is 823. The standard InChI is InChI=1S/C12H8Cl2N4.C4H8O2/c1-18-6-7(4-16-18)8-5-15-9-2-3-10(13)17-12(9)11(8)14;1-2-6-4-3-5-1/h2-6H,1H3;1-4H2. The quantitative estimate of drug-likeness (QED) is 0.617. The van der Waals surface area contributed by atoms with Crippen LogP contribution >= 0.6 is 23.2 Å². The fourth-order valence-corrected chi connectivity index (χ4v) is 2.66. The van der Waals surface area contributed by atoms with Crippen molar-refractivity contribution >= 4 is 34.2 Å². The van der Waals surface area contributed by atoms with Gasteiger partial charge in [0.15, 0.2) is 0 Å². The Morgan fingerprint density at radius 1 is 1.04 bits per heavy atom. The predicted octanol–water partition coefficient (Wildman–Crippen LogP) is 3.37. The molecule has 1 aliphatic rings. The molecule has 3 aromatic heterocycles. The maximum Gasteiger partial charge on any atom is 0.129 e. The summed E-state index contributed by atoms with van der Waals surface area (Å²) in [6.07, 6.45) is 5.33. The van der Waals surface area contributed by atoms with Gasteiger partial charge in [-0.15, -0.1) is 0 Å². The molecule has 3 aromatic rings. The fraction of sp³-hybridized carbons (Fsp3) is 0.312. The topological polar surface area (TPSA) is 62.1 Å². The second-order valence-corrected chi connectivity index (χ2v) is 5.88. The smallest absolute Gasteiger partial charge is 0.129 e. The van der Waals surface area contributed by atoms with Crippen molar-refractivity contribution in [2.24, 2.45) is 7.05 Å². The largest absolute Gasteiger partial charge is 0.377 e. The highest BCUT2D eigenvalue weighted by molar-refractivity contribution is 6.38. The monoisotopic (exact) mass is 366 g/mol. The van der Waals surface area contributed by atoms with E-state index in [9.17, 15) is 0 Å². The lowest BCUT2D eigenvalue weighted by Crippen LogP contribution is -2.16. The summed E-state index contributed by atoms with van der Waals surface area (Å²) in [5, 5.41) is 5.05. The number of pyridine rings is 2. The van der Waals surface area contributed by atoms with Crippen LogP contribution in [0.3, 0.4) is 0 Å². The lowest BCUT2D eigenvalue weighted by Gasteiger charge is -2.09. The van der Waals surface area contributed by atoms with Crippen molar-refractivity contribution in [1.82, 2.24) is 19.7 Å². The van der Waals surface area contributed by atoms with Gasteiger partial charge >= 0.3 is 0 Å². The average Bonchev–Trinajstić information content (AvgIpc) is 3.04. The van der Waals surface area contributed by atoms with Crippen LogP contribution < -0.4 is 0 Å². The molecule has 0 unspecified atom stereocenters. The summed E-state index contributed by atoms with van der Waals surface area (Å²) in [7, 11) is 1.85. The van der Waals surface area contributed by atoms with Crippen molar-refractivity contribution in [3.05, 3.63) is 40.9 Å². The highest BCUT2D eigenvalue weighted by Gasteiger charge is 2.11. The molecular weight excluding hydrogens is 351 g/mol. The molecule has 1 fully saturated rings.